The van der Waals surface area contributed by atoms with Crippen LogP contribution in [0.1, 0.15) is 41.5 Å². The van der Waals surface area contributed by atoms with Crippen LogP contribution in [0.5, 0.6) is 0 Å². The maximum Gasteiger partial charge on any atom is 0.0742 e. The molecule has 0 saturated heterocycles. The Kier molecular flexibility index (Phi) is 52.9. The normalized spacial score (nSPS) is 8.22. The molecule has 0 aliphatic rings. The molecule has 0 radical (unpaired) electrons. The molecule has 116 valence electrons. The average molecular weight is 392 g/mol. The van der Waals surface area contributed by atoms with Gasteiger partial charge in [0.25, 0.3) is 0 Å². The monoisotopic (exact) mass is 390 g/mol. The summed E-state index contributed by atoms with van der Waals surface area (Å²) in [6.07, 6.45) is 0. The van der Waals surface area contributed by atoms with Crippen molar-refractivity contribution in [1.29, 1.82) is 0 Å². The number of halogens is 2. The number of nitrogens with one attached hydrogen (secondary N) is 2. The molecule has 0 amide bonds. The standard InChI is InChI=1S/2C6H15N.C2H4.2BrH/c2*1-4-7(5-2)6-3;1-2;;/h2*4-6H2,1-3H3;1-2H2;2*1H. The van der Waals surface area contributed by atoms with Gasteiger partial charge < -0.3 is 43.8 Å². The van der Waals surface area contributed by atoms with Crippen LogP contribution in [0.2, 0.25) is 0 Å². The minimum Gasteiger partial charge on any atom is -1.00 e. The van der Waals surface area contributed by atoms with Gasteiger partial charge in [-0.05, 0) is 41.5 Å². The first-order valence-electron chi connectivity index (χ1n) is 6.86. The van der Waals surface area contributed by atoms with E-state index in [1.54, 1.807) is 9.80 Å². The molecule has 0 aromatic heterocycles. The molecule has 0 unspecified atom stereocenters. The van der Waals surface area contributed by atoms with Gasteiger partial charge in [0.1, 0.15) is 0 Å². The van der Waals surface area contributed by atoms with E-state index in [9.17, 15) is 0 Å². The van der Waals surface area contributed by atoms with Gasteiger partial charge in [-0.2, -0.15) is 0 Å². The Labute approximate surface area is 137 Å². The Balaban J connectivity index is -0.0000000500. The fourth-order valence-electron chi connectivity index (χ4n) is 1.50. The highest BCUT2D eigenvalue weighted by molar-refractivity contribution is 4.22. The summed E-state index contributed by atoms with van der Waals surface area (Å²) >= 11 is 0. The minimum atomic E-state index is 0. The van der Waals surface area contributed by atoms with Gasteiger partial charge in [-0.3, -0.25) is 0 Å². The van der Waals surface area contributed by atoms with Crippen LogP contribution in [0.25, 0.3) is 0 Å². The van der Waals surface area contributed by atoms with Crippen molar-refractivity contribution in [2.75, 3.05) is 39.3 Å². The Morgan fingerprint density at radius 1 is 0.500 bits per heavy atom. The highest BCUT2D eigenvalue weighted by Gasteiger charge is 1.93. The minimum absolute atomic E-state index is 0. The molecule has 0 aromatic rings. The van der Waals surface area contributed by atoms with E-state index in [4.69, 9.17) is 0 Å². The van der Waals surface area contributed by atoms with Gasteiger partial charge >= 0.3 is 0 Å². The molecule has 0 rings (SSSR count). The zero-order chi connectivity index (χ0) is 13.4. The van der Waals surface area contributed by atoms with Crippen LogP contribution < -0.4 is 43.8 Å². The lowest BCUT2D eigenvalue weighted by atomic mass is 10.5. The van der Waals surface area contributed by atoms with Crippen LogP contribution in [0.15, 0.2) is 13.2 Å². The summed E-state index contributed by atoms with van der Waals surface area (Å²) in [6.45, 7) is 27.0. The summed E-state index contributed by atoms with van der Waals surface area (Å²) in [4.78, 5) is 3.36. The molecule has 4 heteroatoms. The van der Waals surface area contributed by atoms with Gasteiger partial charge in [0.15, 0.2) is 0 Å². The number of hydrogen-bond acceptors (Lipinski definition) is 0. The van der Waals surface area contributed by atoms with Gasteiger partial charge in [-0.1, -0.05) is 0 Å². The number of hydrogen-bond donors (Lipinski definition) is 2. The summed E-state index contributed by atoms with van der Waals surface area (Å²) < 4.78 is 0. The molecule has 18 heavy (non-hydrogen) atoms. The number of rotatable bonds is 6. The topological polar surface area (TPSA) is 8.88 Å². The van der Waals surface area contributed by atoms with E-state index in [1.165, 1.54) is 39.3 Å². The molecular formula is C14H36Br2N2. The van der Waals surface area contributed by atoms with Crippen LogP contribution in [0.3, 0.4) is 0 Å². The first-order valence-corrected chi connectivity index (χ1v) is 6.86. The quantitative estimate of drug-likeness (QED) is 0.418. The van der Waals surface area contributed by atoms with Gasteiger partial charge in [0.2, 0.25) is 0 Å². The first kappa shape index (κ1) is 31.2. The van der Waals surface area contributed by atoms with Gasteiger partial charge in [-0.25, -0.2) is 0 Å². The molecule has 0 atom stereocenters. The Hall–Kier alpha value is 0.620. The second-order valence-electron chi connectivity index (χ2n) is 3.62. The third-order valence-electron chi connectivity index (χ3n) is 3.00. The van der Waals surface area contributed by atoms with Gasteiger partial charge in [0.05, 0.1) is 39.3 Å². The summed E-state index contributed by atoms with van der Waals surface area (Å²) in [5.41, 5.74) is 0. The Morgan fingerprint density at radius 3 is 0.611 bits per heavy atom. The van der Waals surface area contributed by atoms with Crippen molar-refractivity contribution >= 4 is 0 Å². The molecule has 0 fully saturated rings. The first-order chi connectivity index (χ1) is 7.69. The van der Waals surface area contributed by atoms with E-state index in [2.05, 4.69) is 54.7 Å². The van der Waals surface area contributed by atoms with Crippen LogP contribution in [0, 0.1) is 0 Å². The van der Waals surface area contributed by atoms with Crippen molar-refractivity contribution in [1.82, 2.24) is 0 Å². The second-order valence-corrected chi connectivity index (χ2v) is 3.62. The molecular weight excluding hydrogens is 356 g/mol. The van der Waals surface area contributed by atoms with Crippen LogP contribution >= 0.6 is 0 Å². The molecule has 0 bridgehead atoms. The predicted molar refractivity (Wildman–Crippen MR) is 76.4 cm³/mol. The number of quaternary nitrogens is 2. The van der Waals surface area contributed by atoms with E-state index >= 15 is 0 Å². The van der Waals surface area contributed by atoms with Crippen molar-refractivity contribution in [3.63, 3.8) is 0 Å². The van der Waals surface area contributed by atoms with Crippen LogP contribution in [0.4, 0.5) is 0 Å². The van der Waals surface area contributed by atoms with E-state index in [-0.39, 0.29) is 34.0 Å². The molecule has 0 saturated carbocycles. The zero-order valence-corrected chi connectivity index (χ0v) is 16.6. The molecule has 0 aromatic carbocycles. The van der Waals surface area contributed by atoms with Crippen molar-refractivity contribution in [2.45, 2.75) is 41.5 Å². The zero-order valence-electron chi connectivity index (χ0n) is 13.4. The summed E-state index contributed by atoms with van der Waals surface area (Å²) in [7, 11) is 0. The van der Waals surface area contributed by atoms with E-state index in [0.717, 1.165) is 0 Å². The fourth-order valence-corrected chi connectivity index (χ4v) is 1.50. The highest BCUT2D eigenvalue weighted by atomic mass is 79.9. The summed E-state index contributed by atoms with van der Waals surface area (Å²) in [5.74, 6) is 0. The summed E-state index contributed by atoms with van der Waals surface area (Å²) in [6, 6.07) is 0. The van der Waals surface area contributed by atoms with E-state index in [1.807, 2.05) is 0 Å². The third-order valence-corrected chi connectivity index (χ3v) is 3.00. The smallest absolute Gasteiger partial charge is 0.0742 e. The molecule has 2 N–H and O–H groups in total. The maximum atomic E-state index is 3.00. The largest absolute Gasteiger partial charge is 1.00 e. The molecule has 0 aliphatic carbocycles. The third kappa shape index (κ3) is 25.5. The maximum absolute atomic E-state index is 3.00. The predicted octanol–water partition coefficient (Wildman–Crippen LogP) is -5.33. The fraction of sp³-hybridized carbons (Fsp3) is 0.857. The van der Waals surface area contributed by atoms with Crippen molar-refractivity contribution < 1.29 is 43.8 Å². The van der Waals surface area contributed by atoms with Crippen molar-refractivity contribution in [2.24, 2.45) is 0 Å². The van der Waals surface area contributed by atoms with Crippen molar-refractivity contribution in [3.05, 3.63) is 13.2 Å². The molecule has 0 aliphatic heterocycles. The van der Waals surface area contributed by atoms with Gasteiger partial charge in [0, 0.05) is 0 Å². The van der Waals surface area contributed by atoms with Crippen LogP contribution in [-0.2, 0) is 0 Å². The molecule has 0 heterocycles. The van der Waals surface area contributed by atoms with E-state index < -0.39 is 0 Å². The summed E-state index contributed by atoms with van der Waals surface area (Å²) in [5, 5.41) is 0. The van der Waals surface area contributed by atoms with E-state index in [0.29, 0.717) is 0 Å². The lowest BCUT2D eigenvalue weighted by Gasteiger charge is -2.10. The Bertz CT molecular complexity index is 82.9. The molecule has 0 spiro atoms. The van der Waals surface area contributed by atoms with Gasteiger partial charge in [-0.15, -0.1) is 13.2 Å². The second kappa shape index (κ2) is 30.6. The lowest BCUT2D eigenvalue weighted by molar-refractivity contribution is -0.894. The molecule has 2 nitrogen and oxygen atoms in total. The van der Waals surface area contributed by atoms with Crippen molar-refractivity contribution in [3.8, 4) is 0 Å². The average Bonchev–Trinajstić information content (AvgIpc) is 2.37. The highest BCUT2D eigenvalue weighted by Crippen LogP contribution is 1.46. The SMILES string of the molecule is C=C.CC[NH+](CC)CC.CC[NH+](CC)CC.[Br-].[Br-]. The van der Waals surface area contributed by atoms with Crippen LogP contribution in [-0.4, -0.2) is 39.3 Å². The lowest BCUT2D eigenvalue weighted by Crippen LogP contribution is -3.11. The Morgan fingerprint density at radius 2 is 0.611 bits per heavy atom.